The average Bonchev–Trinajstić information content (AvgIpc) is 2.40. The summed E-state index contributed by atoms with van der Waals surface area (Å²) < 4.78 is 57.3. The summed E-state index contributed by atoms with van der Waals surface area (Å²) in [5, 5.41) is 8.80. The van der Waals surface area contributed by atoms with E-state index in [2.05, 4.69) is 0 Å². The van der Waals surface area contributed by atoms with E-state index in [1.165, 1.54) is 21.1 Å². The lowest BCUT2D eigenvalue weighted by molar-refractivity contribution is 0.0696. The van der Waals surface area contributed by atoms with Crippen LogP contribution in [0.1, 0.15) is 17.3 Å². The van der Waals surface area contributed by atoms with Crippen LogP contribution in [-0.2, 0) is 14.8 Å². The van der Waals surface area contributed by atoms with Gasteiger partial charge in [-0.25, -0.2) is 22.0 Å². The Hall–Kier alpha value is -1.58. The van der Waals surface area contributed by atoms with Crippen LogP contribution in [0, 0.1) is 11.6 Å². The largest absolute Gasteiger partial charge is 0.478 e. The maximum atomic E-state index is 13.7. The average molecular weight is 323 g/mol. The van der Waals surface area contributed by atoms with E-state index in [0.717, 1.165) is 4.31 Å². The molecule has 118 valence electrons. The summed E-state index contributed by atoms with van der Waals surface area (Å²) in [4.78, 5) is 9.81. The van der Waals surface area contributed by atoms with Gasteiger partial charge in [0.2, 0.25) is 10.0 Å². The van der Waals surface area contributed by atoms with Gasteiger partial charge in [-0.15, -0.1) is 0 Å². The van der Waals surface area contributed by atoms with E-state index >= 15 is 0 Å². The fourth-order valence-electron chi connectivity index (χ4n) is 1.61. The fraction of sp³-hybridized carbons (Fsp3) is 0.417. The van der Waals surface area contributed by atoms with Gasteiger partial charge >= 0.3 is 5.97 Å². The summed E-state index contributed by atoms with van der Waals surface area (Å²) in [5.74, 6) is -4.71. The molecule has 1 atom stereocenters. The highest BCUT2D eigenvalue weighted by Gasteiger charge is 2.31. The fourth-order valence-corrected chi connectivity index (χ4v) is 3.06. The number of rotatable bonds is 6. The first kappa shape index (κ1) is 17.5. The molecule has 0 saturated carbocycles. The smallest absolute Gasteiger partial charge is 0.335 e. The van der Waals surface area contributed by atoms with Crippen LogP contribution in [0.2, 0.25) is 0 Å². The second-order valence-corrected chi connectivity index (χ2v) is 6.37. The molecule has 0 amide bonds. The molecule has 21 heavy (non-hydrogen) atoms. The van der Waals surface area contributed by atoms with Crippen LogP contribution in [0.25, 0.3) is 0 Å². The molecule has 0 spiro atoms. The SMILES string of the molecule is COCC(C)N(C)S(=O)(=O)c1cc(C(=O)O)cc(F)c1F. The summed E-state index contributed by atoms with van der Waals surface area (Å²) in [6, 6.07) is 0.373. The molecule has 1 unspecified atom stereocenters. The van der Waals surface area contributed by atoms with Gasteiger partial charge in [-0.1, -0.05) is 0 Å². The van der Waals surface area contributed by atoms with Crippen molar-refractivity contribution < 1.29 is 31.8 Å². The highest BCUT2D eigenvalue weighted by molar-refractivity contribution is 7.89. The summed E-state index contributed by atoms with van der Waals surface area (Å²) in [7, 11) is -1.86. The predicted octanol–water partition coefficient (Wildman–Crippen LogP) is 1.32. The molecule has 0 aromatic heterocycles. The van der Waals surface area contributed by atoms with Crippen molar-refractivity contribution in [1.29, 1.82) is 0 Å². The van der Waals surface area contributed by atoms with Gasteiger partial charge in [0, 0.05) is 20.2 Å². The highest BCUT2D eigenvalue weighted by atomic mass is 32.2. The lowest BCUT2D eigenvalue weighted by Gasteiger charge is -2.24. The van der Waals surface area contributed by atoms with Crippen molar-refractivity contribution >= 4 is 16.0 Å². The van der Waals surface area contributed by atoms with Gasteiger partial charge in [0.25, 0.3) is 0 Å². The molecule has 0 aliphatic rings. The first-order valence-corrected chi connectivity index (χ1v) is 7.26. The number of carboxylic acid groups (broad SMARTS) is 1. The number of ether oxygens (including phenoxy) is 1. The molecule has 6 nitrogen and oxygen atoms in total. The van der Waals surface area contributed by atoms with Crippen molar-refractivity contribution in [2.45, 2.75) is 17.9 Å². The van der Waals surface area contributed by atoms with Crippen LogP contribution in [0.5, 0.6) is 0 Å². The zero-order valence-electron chi connectivity index (χ0n) is 11.6. The molecular weight excluding hydrogens is 308 g/mol. The summed E-state index contributed by atoms with van der Waals surface area (Å²) in [6.07, 6.45) is 0. The molecule has 0 saturated heterocycles. The van der Waals surface area contributed by atoms with Crippen LogP contribution in [0.15, 0.2) is 17.0 Å². The molecule has 0 aliphatic heterocycles. The molecule has 1 aromatic carbocycles. The van der Waals surface area contributed by atoms with E-state index in [1.54, 1.807) is 0 Å². The highest BCUT2D eigenvalue weighted by Crippen LogP contribution is 2.24. The van der Waals surface area contributed by atoms with Gasteiger partial charge in [0.15, 0.2) is 11.6 Å². The first-order chi connectivity index (χ1) is 9.62. The van der Waals surface area contributed by atoms with Crippen molar-refractivity contribution in [3.8, 4) is 0 Å². The zero-order valence-corrected chi connectivity index (χ0v) is 12.4. The van der Waals surface area contributed by atoms with Gasteiger partial charge in [-0.3, -0.25) is 0 Å². The van der Waals surface area contributed by atoms with E-state index in [1.807, 2.05) is 0 Å². The van der Waals surface area contributed by atoms with Crippen molar-refractivity contribution in [3.63, 3.8) is 0 Å². The Morgan fingerprint density at radius 1 is 1.43 bits per heavy atom. The molecule has 0 heterocycles. The lowest BCUT2D eigenvalue weighted by Crippen LogP contribution is -2.38. The van der Waals surface area contributed by atoms with Crippen molar-refractivity contribution in [3.05, 3.63) is 29.3 Å². The Bertz CT molecular complexity index is 647. The van der Waals surface area contributed by atoms with Gasteiger partial charge < -0.3 is 9.84 Å². The minimum atomic E-state index is -4.39. The Kier molecular flexibility index (Phi) is 5.37. The van der Waals surface area contributed by atoms with E-state index in [9.17, 15) is 22.0 Å². The molecule has 0 aliphatic carbocycles. The molecule has 9 heteroatoms. The second-order valence-electron chi connectivity index (χ2n) is 4.40. The maximum absolute atomic E-state index is 13.7. The molecular formula is C12H15F2NO5S. The number of benzene rings is 1. The number of hydrogen-bond acceptors (Lipinski definition) is 4. The topological polar surface area (TPSA) is 83.9 Å². The minimum absolute atomic E-state index is 0.0401. The van der Waals surface area contributed by atoms with E-state index < -0.39 is 44.1 Å². The van der Waals surface area contributed by atoms with Crippen LogP contribution in [0.3, 0.4) is 0 Å². The number of aromatic carboxylic acids is 1. The van der Waals surface area contributed by atoms with Crippen LogP contribution in [-0.4, -0.2) is 50.6 Å². The third-order valence-corrected chi connectivity index (χ3v) is 4.90. The van der Waals surface area contributed by atoms with E-state index in [4.69, 9.17) is 9.84 Å². The number of hydrogen-bond donors (Lipinski definition) is 1. The van der Waals surface area contributed by atoms with Gasteiger partial charge in [-0.05, 0) is 19.1 Å². The zero-order chi connectivity index (χ0) is 16.4. The number of carboxylic acids is 1. The monoisotopic (exact) mass is 323 g/mol. The van der Waals surface area contributed by atoms with Crippen LogP contribution in [0.4, 0.5) is 8.78 Å². The molecule has 1 rings (SSSR count). The van der Waals surface area contributed by atoms with Gasteiger partial charge in [0.1, 0.15) is 4.90 Å². The maximum Gasteiger partial charge on any atom is 0.335 e. The van der Waals surface area contributed by atoms with Crippen LogP contribution >= 0.6 is 0 Å². The Morgan fingerprint density at radius 2 is 2.00 bits per heavy atom. The number of nitrogens with zero attached hydrogens (tertiary/aromatic N) is 1. The van der Waals surface area contributed by atoms with E-state index in [-0.39, 0.29) is 6.61 Å². The second kappa shape index (κ2) is 6.46. The normalized spacial score (nSPS) is 13.4. The summed E-state index contributed by atoms with van der Waals surface area (Å²) in [5.41, 5.74) is -0.653. The van der Waals surface area contributed by atoms with Crippen LogP contribution < -0.4 is 0 Å². The first-order valence-electron chi connectivity index (χ1n) is 5.82. The predicted molar refractivity (Wildman–Crippen MR) is 69.6 cm³/mol. The van der Waals surface area contributed by atoms with Crippen molar-refractivity contribution in [2.24, 2.45) is 0 Å². The van der Waals surface area contributed by atoms with Crippen molar-refractivity contribution in [2.75, 3.05) is 20.8 Å². The lowest BCUT2D eigenvalue weighted by atomic mass is 10.2. The molecule has 0 fully saturated rings. The standard InChI is InChI=1S/C12H15F2NO5S/c1-7(6-20-3)15(2)21(18,19)10-5-8(12(16)17)4-9(13)11(10)14/h4-5,7H,6H2,1-3H3,(H,16,17). The summed E-state index contributed by atoms with van der Waals surface area (Å²) in [6.45, 7) is 1.55. The molecule has 1 aromatic rings. The number of likely N-dealkylation sites (N-methyl/N-ethyl adjacent to an activating group) is 1. The molecule has 0 radical (unpaired) electrons. The number of sulfonamides is 1. The number of carbonyl (C=O) groups is 1. The van der Waals surface area contributed by atoms with Crippen molar-refractivity contribution in [1.82, 2.24) is 4.31 Å². The number of halogens is 2. The number of methoxy groups -OCH3 is 1. The Balaban J connectivity index is 3.40. The van der Waals surface area contributed by atoms with Gasteiger partial charge in [0.05, 0.1) is 12.2 Å². The minimum Gasteiger partial charge on any atom is -0.478 e. The van der Waals surface area contributed by atoms with Gasteiger partial charge in [-0.2, -0.15) is 4.31 Å². The quantitative estimate of drug-likeness (QED) is 0.853. The Labute approximate surface area is 121 Å². The summed E-state index contributed by atoms with van der Waals surface area (Å²) >= 11 is 0. The Morgan fingerprint density at radius 3 is 2.48 bits per heavy atom. The molecule has 0 bridgehead atoms. The molecule has 1 N–H and O–H groups in total. The van der Waals surface area contributed by atoms with E-state index in [0.29, 0.717) is 12.1 Å². The third-order valence-electron chi connectivity index (χ3n) is 2.93. The third kappa shape index (κ3) is 3.55.